The van der Waals surface area contributed by atoms with E-state index in [0.29, 0.717) is 48.3 Å². The maximum Gasteiger partial charge on any atom is 0.321 e. The first-order valence-electron chi connectivity index (χ1n) is 9.84. The van der Waals surface area contributed by atoms with E-state index in [1.807, 2.05) is 6.07 Å². The average Bonchev–Trinajstić information content (AvgIpc) is 2.81. The molecule has 1 saturated heterocycles. The Morgan fingerprint density at radius 1 is 1.09 bits per heavy atom. The molecule has 1 fully saturated rings. The number of hydrogen-bond acceptors (Lipinski definition) is 6. The Kier molecular flexibility index (Phi) is 6.35. The summed E-state index contributed by atoms with van der Waals surface area (Å²) in [5.74, 6) is 0.191. The number of nitriles is 1. The molecule has 2 amide bonds. The molecule has 1 aliphatic heterocycles. The summed E-state index contributed by atoms with van der Waals surface area (Å²) in [6.07, 6.45) is 0. The van der Waals surface area contributed by atoms with Crippen molar-refractivity contribution >= 4 is 35.0 Å². The lowest BCUT2D eigenvalue weighted by Crippen LogP contribution is -2.43. The van der Waals surface area contributed by atoms with Crippen LogP contribution in [0.2, 0.25) is 5.02 Å². The standard InChI is InChI=1S/C22H19ClN6O3/c23-15-3-7-16(8-4-15)25-21-27-19(18(13-24)20(30)28-21)14-1-5-17(6-2-14)26-22(31)29-9-11-32-12-10-29/h1-8H,9-12H2,(H,26,31)(H2,25,27,28,30). The van der Waals surface area contributed by atoms with Crippen LogP contribution in [-0.2, 0) is 4.74 Å². The highest BCUT2D eigenvalue weighted by Gasteiger charge is 2.17. The van der Waals surface area contributed by atoms with E-state index in [1.165, 1.54) is 0 Å². The highest BCUT2D eigenvalue weighted by Crippen LogP contribution is 2.24. The lowest BCUT2D eigenvalue weighted by atomic mass is 10.1. The fraction of sp³-hybridized carbons (Fsp3) is 0.182. The van der Waals surface area contributed by atoms with Gasteiger partial charge in [0.05, 0.1) is 18.9 Å². The molecule has 0 saturated carbocycles. The van der Waals surface area contributed by atoms with Crippen molar-refractivity contribution in [3.05, 3.63) is 69.5 Å². The predicted octanol–water partition coefficient (Wildman–Crippen LogP) is 3.57. The first-order chi connectivity index (χ1) is 15.5. The predicted molar refractivity (Wildman–Crippen MR) is 121 cm³/mol. The van der Waals surface area contributed by atoms with E-state index < -0.39 is 5.56 Å². The fourth-order valence-electron chi connectivity index (χ4n) is 3.20. The van der Waals surface area contributed by atoms with Gasteiger partial charge in [0.1, 0.15) is 11.6 Å². The highest BCUT2D eigenvalue weighted by atomic mass is 35.5. The Bertz CT molecular complexity index is 1210. The van der Waals surface area contributed by atoms with Gasteiger partial charge in [-0.2, -0.15) is 5.26 Å². The number of rotatable bonds is 4. The Balaban J connectivity index is 1.57. The molecule has 162 valence electrons. The molecule has 2 aromatic carbocycles. The molecule has 0 bridgehead atoms. The van der Waals surface area contributed by atoms with Crippen molar-refractivity contribution in [3.63, 3.8) is 0 Å². The number of urea groups is 1. The van der Waals surface area contributed by atoms with Crippen molar-refractivity contribution in [2.45, 2.75) is 0 Å². The van der Waals surface area contributed by atoms with Crippen LogP contribution < -0.4 is 16.2 Å². The van der Waals surface area contributed by atoms with Crippen LogP contribution in [0, 0.1) is 11.3 Å². The van der Waals surface area contributed by atoms with Gasteiger partial charge < -0.3 is 20.3 Å². The summed E-state index contributed by atoms with van der Waals surface area (Å²) >= 11 is 5.90. The number of anilines is 3. The molecular weight excluding hydrogens is 432 g/mol. The minimum Gasteiger partial charge on any atom is -0.378 e. The largest absolute Gasteiger partial charge is 0.378 e. The van der Waals surface area contributed by atoms with Gasteiger partial charge in [0, 0.05) is 35.1 Å². The number of hydrogen-bond donors (Lipinski definition) is 3. The van der Waals surface area contributed by atoms with E-state index in [1.54, 1.807) is 53.4 Å². The van der Waals surface area contributed by atoms with Crippen LogP contribution in [0.3, 0.4) is 0 Å². The number of ether oxygens (including phenoxy) is 1. The van der Waals surface area contributed by atoms with E-state index in [-0.39, 0.29) is 23.2 Å². The average molecular weight is 451 g/mol. The summed E-state index contributed by atoms with van der Waals surface area (Å²) in [5.41, 5.74) is 1.41. The number of carbonyl (C=O) groups is 1. The third kappa shape index (κ3) is 4.88. The number of aromatic nitrogens is 2. The number of nitrogens with zero attached hydrogens (tertiary/aromatic N) is 3. The molecule has 0 unspecified atom stereocenters. The van der Waals surface area contributed by atoms with Gasteiger partial charge in [-0.3, -0.25) is 9.78 Å². The Morgan fingerprint density at radius 3 is 2.41 bits per heavy atom. The topological polar surface area (TPSA) is 123 Å². The monoisotopic (exact) mass is 450 g/mol. The zero-order valence-electron chi connectivity index (χ0n) is 16.9. The number of carbonyl (C=O) groups excluding carboxylic acids is 1. The Labute approximate surface area is 188 Å². The maximum atomic E-state index is 12.4. The zero-order valence-corrected chi connectivity index (χ0v) is 17.6. The SMILES string of the molecule is N#Cc1c(-c2ccc(NC(=O)N3CCOCC3)cc2)nc(Nc2ccc(Cl)cc2)[nH]c1=O. The van der Waals surface area contributed by atoms with Crippen LogP contribution in [0.15, 0.2) is 53.3 Å². The molecule has 32 heavy (non-hydrogen) atoms. The number of halogens is 1. The fourth-order valence-corrected chi connectivity index (χ4v) is 3.32. The molecule has 0 aliphatic carbocycles. The summed E-state index contributed by atoms with van der Waals surface area (Å²) in [4.78, 5) is 33.5. The van der Waals surface area contributed by atoms with E-state index in [4.69, 9.17) is 16.3 Å². The third-order valence-corrected chi connectivity index (χ3v) is 5.10. The molecule has 1 aromatic heterocycles. The van der Waals surface area contributed by atoms with Crippen molar-refractivity contribution in [1.82, 2.24) is 14.9 Å². The van der Waals surface area contributed by atoms with Crippen molar-refractivity contribution in [2.24, 2.45) is 0 Å². The summed E-state index contributed by atoms with van der Waals surface area (Å²) < 4.78 is 5.25. The van der Waals surface area contributed by atoms with E-state index in [2.05, 4.69) is 20.6 Å². The van der Waals surface area contributed by atoms with Crippen LogP contribution in [-0.4, -0.2) is 47.2 Å². The normalized spacial score (nSPS) is 13.3. The second kappa shape index (κ2) is 9.51. The van der Waals surface area contributed by atoms with Crippen molar-refractivity contribution < 1.29 is 9.53 Å². The van der Waals surface area contributed by atoms with Crippen molar-refractivity contribution in [2.75, 3.05) is 36.9 Å². The minimum atomic E-state index is -0.557. The Morgan fingerprint density at radius 2 is 1.75 bits per heavy atom. The lowest BCUT2D eigenvalue weighted by Gasteiger charge is -2.26. The first-order valence-corrected chi connectivity index (χ1v) is 10.2. The lowest BCUT2D eigenvalue weighted by molar-refractivity contribution is 0.0564. The van der Waals surface area contributed by atoms with Crippen LogP contribution in [0.5, 0.6) is 0 Å². The van der Waals surface area contributed by atoms with E-state index >= 15 is 0 Å². The van der Waals surface area contributed by atoms with Gasteiger partial charge in [-0.25, -0.2) is 9.78 Å². The molecular formula is C22H19ClN6O3. The molecule has 9 nitrogen and oxygen atoms in total. The molecule has 3 N–H and O–H groups in total. The van der Waals surface area contributed by atoms with Crippen LogP contribution in [0.25, 0.3) is 11.3 Å². The Hall–Kier alpha value is -3.87. The van der Waals surface area contributed by atoms with Crippen LogP contribution >= 0.6 is 11.6 Å². The van der Waals surface area contributed by atoms with Crippen molar-refractivity contribution in [1.29, 1.82) is 5.26 Å². The number of H-pyrrole nitrogens is 1. The first kappa shape index (κ1) is 21.4. The van der Waals surface area contributed by atoms with E-state index in [9.17, 15) is 14.9 Å². The number of amides is 2. The van der Waals surface area contributed by atoms with Gasteiger partial charge in [0.15, 0.2) is 0 Å². The molecule has 4 rings (SSSR count). The number of aromatic amines is 1. The van der Waals surface area contributed by atoms with E-state index in [0.717, 1.165) is 0 Å². The smallest absolute Gasteiger partial charge is 0.321 e. The molecule has 10 heteroatoms. The molecule has 0 spiro atoms. The van der Waals surface area contributed by atoms with Gasteiger partial charge in [0.25, 0.3) is 5.56 Å². The van der Waals surface area contributed by atoms with Crippen LogP contribution in [0.1, 0.15) is 5.56 Å². The van der Waals surface area contributed by atoms with Gasteiger partial charge in [0.2, 0.25) is 5.95 Å². The van der Waals surface area contributed by atoms with Gasteiger partial charge >= 0.3 is 6.03 Å². The summed E-state index contributed by atoms with van der Waals surface area (Å²) in [7, 11) is 0. The molecule has 2 heterocycles. The molecule has 0 atom stereocenters. The van der Waals surface area contributed by atoms with Crippen molar-refractivity contribution in [3.8, 4) is 17.3 Å². The number of morpholine rings is 1. The highest BCUT2D eigenvalue weighted by molar-refractivity contribution is 6.30. The van der Waals surface area contributed by atoms with Gasteiger partial charge in [-0.15, -0.1) is 0 Å². The minimum absolute atomic E-state index is 0.100. The number of nitrogens with one attached hydrogen (secondary N) is 3. The summed E-state index contributed by atoms with van der Waals surface area (Å²) in [6.45, 7) is 2.11. The van der Waals surface area contributed by atoms with Gasteiger partial charge in [-0.05, 0) is 36.4 Å². The van der Waals surface area contributed by atoms with Gasteiger partial charge in [-0.1, -0.05) is 23.7 Å². The second-order valence-corrected chi connectivity index (χ2v) is 7.43. The summed E-state index contributed by atoms with van der Waals surface area (Å²) in [6, 6.07) is 15.4. The quantitative estimate of drug-likeness (QED) is 0.558. The maximum absolute atomic E-state index is 12.4. The number of benzene rings is 2. The molecule has 3 aromatic rings. The zero-order chi connectivity index (χ0) is 22.5. The van der Waals surface area contributed by atoms with Crippen LogP contribution in [0.4, 0.5) is 22.1 Å². The third-order valence-electron chi connectivity index (χ3n) is 4.85. The molecule has 1 aliphatic rings. The second-order valence-electron chi connectivity index (χ2n) is 6.99. The molecule has 0 radical (unpaired) electrons. The summed E-state index contributed by atoms with van der Waals surface area (Å²) in [5, 5.41) is 15.9.